The zero-order valence-corrected chi connectivity index (χ0v) is 15.8. The molecule has 0 aliphatic heterocycles. The van der Waals surface area contributed by atoms with Crippen LogP contribution in [0.25, 0.3) is 5.57 Å². The van der Waals surface area contributed by atoms with Crippen LogP contribution >= 0.6 is 11.6 Å². The molecule has 11 heteroatoms. The van der Waals surface area contributed by atoms with Crippen LogP contribution in [0.2, 0.25) is 5.02 Å². The second kappa shape index (κ2) is 8.61. The zero-order valence-electron chi connectivity index (χ0n) is 15.1. The maximum atomic E-state index is 14.6. The molecule has 148 valence electrons. The summed E-state index contributed by atoms with van der Waals surface area (Å²) in [6.45, 7) is 1.41. The molecule has 0 amide bonds. The molecule has 1 aromatic carbocycles. The van der Waals surface area contributed by atoms with E-state index in [1.165, 1.54) is 27.3 Å². The van der Waals surface area contributed by atoms with Crippen molar-refractivity contribution in [2.45, 2.75) is 6.92 Å². The topological polar surface area (TPSA) is 116 Å². The maximum Gasteiger partial charge on any atom is 0.313 e. The number of ether oxygens (including phenoxy) is 1. The third-order valence-electron chi connectivity index (χ3n) is 3.62. The monoisotopic (exact) mass is 411 g/mol. The molecule has 1 aromatic heterocycles. The van der Waals surface area contributed by atoms with Crippen molar-refractivity contribution in [3.05, 3.63) is 62.4 Å². The highest BCUT2D eigenvalue weighted by atomic mass is 35.5. The molecule has 28 heavy (non-hydrogen) atoms. The van der Waals surface area contributed by atoms with Crippen molar-refractivity contribution in [2.24, 2.45) is 10.7 Å². The Kier molecular flexibility index (Phi) is 6.47. The van der Waals surface area contributed by atoms with Gasteiger partial charge in [0.25, 0.3) is 0 Å². The molecule has 2 aromatic rings. The number of aliphatic imine (C=N–C) groups is 1. The molecule has 2 rings (SSSR count). The van der Waals surface area contributed by atoms with E-state index in [1.807, 2.05) is 0 Å². The molecule has 0 bridgehead atoms. The number of nitrogens with zero attached hydrogens (tertiary/aromatic N) is 3. The van der Waals surface area contributed by atoms with E-state index < -0.39 is 27.8 Å². The molecule has 3 N–H and O–H groups in total. The fourth-order valence-electron chi connectivity index (χ4n) is 2.42. The highest BCUT2D eigenvalue weighted by molar-refractivity contribution is 6.31. The zero-order chi connectivity index (χ0) is 21.0. The first kappa shape index (κ1) is 21.0. The van der Waals surface area contributed by atoms with Gasteiger partial charge in [0.15, 0.2) is 0 Å². The van der Waals surface area contributed by atoms with Gasteiger partial charge in [-0.2, -0.15) is 0 Å². The summed E-state index contributed by atoms with van der Waals surface area (Å²) in [6, 6.07) is 3.05. The molecular weight excluding hydrogens is 396 g/mol. The van der Waals surface area contributed by atoms with Crippen molar-refractivity contribution in [3.63, 3.8) is 0 Å². The summed E-state index contributed by atoms with van der Waals surface area (Å²) in [5.41, 5.74) is 4.84. The normalized spacial score (nSPS) is 12.4. The Morgan fingerprint density at radius 2 is 1.96 bits per heavy atom. The van der Waals surface area contributed by atoms with E-state index >= 15 is 0 Å². The second-order valence-electron chi connectivity index (χ2n) is 5.50. The number of benzene rings is 1. The van der Waals surface area contributed by atoms with Crippen LogP contribution in [-0.4, -0.2) is 29.9 Å². The minimum Gasteiger partial charge on any atom is -0.497 e. The molecule has 1 heterocycles. The summed E-state index contributed by atoms with van der Waals surface area (Å²) in [5, 5.41) is 13.9. The van der Waals surface area contributed by atoms with E-state index in [0.717, 1.165) is 18.2 Å². The third-order valence-corrected chi connectivity index (χ3v) is 3.83. The van der Waals surface area contributed by atoms with Crippen molar-refractivity contribution in [2.75, 3.05) is 19.5 Å². The van der Waals surface area contributed by atoms with Crippen molar-refractivity contribution in [3.8, 4) is 5.75 Å². The molecule has 0 spiro atoms. The number of nitrogens with two attached hydrogens (primary N) is 1. The lowest BCUT2D eigenvalue weighted by atomic mass is 10.0. The fraction of sp³-hybridized carbons (Fsp3) is 0.176. The average molecular weight is 412 g/mol. The Labute approximate surface area is 163 Å². The van der Waals surface area contributed by atoms with Gasteiger partial charge in [0.2, 0.25) is 5.82 Å². The maximum absolute atomic E-state index is 14.6. The van der Waals surface area contributed by atoms with Gasteiger partial charge >= 0.3 is 5.69 Å². The van der Waals surface area contributed by atoms with Crippen LogP contribution in [0, 0.1) is 21.7 Å². The van der Waals surface area contributed by atoms with Gasteiger partial charge in [0, 0.05) is 42.7 Å². The molecule has 0 aliphatic carbocycles. The van der Waals surface area contributed by atoms with Gasteiger partial charge in [-0.1, -0.05) is 11.6 Å². The fourth-order valence-corrected chi connectivity index (χ4v) is 2.57. The van der Waals surface area contributed by atoms with Crippen molar-refractivity contribution >= 4 is 34.5 Å². The molecule has 0 saturated heterocycles. The molecule has 0 radical (unpaired) electrons. The van der Waals surface area contributed by atoms with Crippen LogP contribution in [-0.2, 0) is 0 Å². The Balaban J connectivity index is 2.59. The number of hydrogen-bond donors (Lipinski definition) is 2. The Morgan fingerprint density at radius 3 is 2.43 bits per heavy atom. The molecule has 0 fully saturated rings. The number of anilines is 1. The quantitative estimate of drug-likeness (QED) is 0.335. The highest BCUT2D eigenvalue weighted by Crippen LogP contribution is 2.31. The molecule has 0 aliphatic rings. The summed E-state index contributed by atoms with van der Waals surface area (Å²) >= 11 is 5.75. The first-order valence-electron chi connectivity index (χ1n) is 7.73. The van der Waals surface area contributed by atoms with Crippen LogP contribution < -0.4 is 15.8 Å². The van der Waals surface area contributed by atoms with Crippen LogP contribution in [0.3, 0.4) is 0 Å². The van der Waals surface area contributed by atoms with Crippen molar-refractivity contribution in [1.29, 1.82) is 0 Å². The SMILES string of the molecule is CN=C(Nc1ncc(Cl)cc1[N+](=O)[O-])C(=C(C)N)c1c(F)cc(OC)cc1F. The van der Waals surface area contributed by atoms with Crippen LogP contribution in [0.5, 0.6) is 5.75 Å². The number of rotatable bonds is 5. The molecular formula is C17H16ClF2N5O3. The van der Waals surface area contributed by atoms with E-state index in [0.29, 0.717) is 0 Å². The number of pyridine rings is 1. The number of amidine groups is 1. The van der Waals surface area contributed by atoms with Gasteiger partial charge < -0.3 is 15.8 Å². The lowest BCUT2D eigenvalue weighted by Gasteiger charge is -2.16. The van der Waals surface area contributed by atoms with Crippen LogP contribution in [0.15, 0.2) is 35.1 Å². The van der Waals surface area contributed by atoms with Gasteiger partial charge in [0.05, 0.1) is 22.6 Å². The summed E-state index contributed by atoms with van der Waals surface area (Å²) in [5.74, 6) is -2.26. The number of methoxy groups -OCH3 is 1. The van der Waals surface area contributed by atoms with Gasteiger partial charge in [-0.25, -0.2) is 13.8 Å². The molecule has 0 saturated carbocycles. The minimum atomic E-state index is -0.946. The second-order valence-corrected chi connectivity index (χ2v) is 5.94. The average Bonchev–Trinajstić information content (AvgIpc) is 2.63. The minimum absolute atomic E-state index is 0.0210. The smallest absolute Gasteiger partial charge is 0.313 e. The lowest BCUT2D eigenvalue weighted by molar-refractivity contribution is -0.384. The number of halogens is 3. The first-order chi connectivity index (χ1) is 13.2. The van der Waals surface area contributed by atoms with Gasteiger partial charge in [-0.3, -0.25) is 15.1 Å². The van der Waals surface area contributed by atoms with E-state index in [4.69, 9.17) is 22.1 Å². The number of aromatic nitrogens is 1. The summed E-state index contributed by atoms with van der Waals surface area (Å²) in [4.78, 5) is 18.3. The predicted molar refractivity (Wildman–Crippen MR) is 103 cm³/mol. The summed E-state index contributed by atoms with van der Waals surface area (Å²) < 4.78 is 34.0. The Bertz CT molecular complexity index is 968. The van der Waals surface area contributed by atoms with E-state index in [1.54, 1.807) is 0 Å². The third kappa shape index (κ3) is 4.34. The molecule has 0 atom stereocenters. The largest absolute Gasteiger partial charge is 0.497 e. The first-order valence-corrected chi connectivity index (χ1v) is 8.11. The van der Waals surface area contributed by atoms with E-state index in [-0.39, 0.29) is 33.7 Å². The van der Waals surface area contributed by atoms with Crippen LogP contribution in [0.4, 0.5) is 20.3 Å². The summed E-state index contributed by atoms with van der Waals surface area (Å²) in [6.07, 6.45) is 1.18. The van der Waals surface area contributed by atoms with E-state index in [2.05, 4.69) is 15.3 Å². The molecule has 8 nitrogen and oxygen atoms in total. The number of nitro groups is 1. The van der Waals surface area contributed by atoms with Gasteiger partial charge in [-0.05, 0) is 6.92 Å². The molecule has 0 unspecified atom stereocenters. The predicted octanol–water partition coefficient (Wildman–Crippen LogP) is 3.76. The van der Waals surface area contributed by atoms with Crippen LogP contribution in [0.1, 0.15) is 12.5 Å². The standard InChI is InChI=1S/C17H16ClF2N5O3/c1-8(21)14(15-11(19)5-10(28-3)6-12(15)20)17(22-2)24-16-13(25(26)27)4-9(18)7-23-16/h4-7H,21H2,1-3H3,(H,22,23,24). The van der Waals surface area contributed by atoms with Crippen molar-refractivity contribution < 1.29 is 18.4 Å². The van der Waals surface area contributed by atoms with Gasteiger partial charge in [-0.15, -0.1) is 0 Å². The number of nitrogens with one attached hydrogen (secondary N) is 1. The lowest BCUT2D eigenvalue weighted by Crippen LogP contribution is -2.20. The number of allylic oxidation sites excluding steroid dienone is 1. The summed E-state index contributed by atoms with van der Waals surface area (Å²) in [7, 11) is 2.59. The van der Waals surface area contributed by atoms with Crippen molar-refractivity contribution in [1.82, 2.24) is 4.98 Å². The van der Waals surface area contributed by atoms with E-state index in [9.17, 15) is 18.9 Å². The van der Waals surface area contributed by atoms with Gasteiger partial charge in [0.1, 0.15) is 23.2 Å². The Morgan fingerprint density at radius 1 is 1.36 bits per heavy atom. The highest BCUT2D eigenvalue weighted by Gasteiger charge is 2.24. The number of hydrogen-bond acceptors (Lipinski definition) is 6. The Hall–Kier alpha value is -3.27.